The fraction of sp³-hybridized carbons (Fsp3) is 0.500. The maximum atomic E-state index is 13.1. The van der Waals surface area contributed by atoms with Gasteiger partial charge in [0.15, 0.2) is 0 Å². The maximum absolute atomic E-state index is 13.1. The first-order valence-corrected chi connectivity index (χ1v) is 8.53. The van der Waals surface area contributed by atoms with Crippen molar-refractivity contribution in [3.63, 3.8) is 0 Å². The molecule has 0 bridgehead atoms. The number of pyridine rings is 1. The van der Waals surface area contributed by atoms with E-state index in [0.717, 1.165) is 32.1 Å². The Labute approximate surface area is 150 Å². The van der Waals surface area contributed by atoms with Gasteiger partial charge in [0.1, 0.15) is 6.04 Å². The number of halogens is 3. The molecule has 5 nitrogen and oxygen atoms in total. The van der Waals surface area contributed by atoms with E-state index in [1.165, 1.54) is 30.6 Å². The van der Waals surface area contributed by atoms with Crippen LogP contribution < -0.4 is 5.32 Å². The standard InChI is InChI=1S/C18H22F3N3O2/c1-2-12-24(17(26)18(19,20)21)15(13-8-10-22-11-9-13)16(25)23-14-6-4-3-5-7-14/h2,8-11,14-15H,1,3-7,12H2,(H,23,25). The van der Waals surface area contributed by atoms with Gasteiger partial charge in [-0.05, 0) is 30.5 Å². The maximum Gasteiger partial charge on any atom is 0.471 e. The van der Waals surface area contributed by atoms with Gasteiger partial charge in [-0.25, -0.2) is 0 Å². The van der Waals surface area contributed by atoms with Crippen LogP contribution in [0, 0.1) is 0 Å². The minimum absolute atomic E-state index is 0.0906. The van der Waals surface area contributed by atoms with Gasteiger partial charge in [-0.3, -0.25) is 14.6 Å². The lowest BCUT2D eigenvalue weighted by atomic mass is 9.94. The molecule has 2 amide bonds. The first-order valence-electron chi connectivity index (χ1n) is 8.53. The quantitative estimate of drug-likeness (QED) is 0.784. The van der Waals surface area contributed by atoms with E-state index in [2.05, 4.69) is 16.9 Å². The highest BCUT2D eigenvalue weighted by molar-refractivity contribution is 5.91. The van der Waals surface area contributed by atoms with Gasteiger partial charge in [-0.15, -0.1) is 6.58 Å². The minimum atomic E-state index is -5.08. The first kappa shape index (κ1) is 19.9. The lowest BCUT2D eigenvalue weighted by molar-refractivity contribution is -0.188. The number of rotatable bonds is 6. The van der Waals surface area contributed by atoms with E-state index >= 15 is 0 Å². The van der Waals surface area contributed by atoms with Gasteiger partial charge < -0.3 is 10.2 Å². The van der Waals surface area contributed by atoms with Crippen molar-refractivity contribution in [2.75, 3.05) is 6.54 Å². The average molecular weight is 369 g/mol. The van der Waals surface area contributed by atoms with Gasteiger partial charge in [0.25, 0.3) is 0 Å². The highest BCUT2D eigenvalue weighted by atomic mass is 19.4. The number of carbonyl (C=O) groups excluding carboxylic acids is 2. The van der Waals surface area contributed by atoms with Gasteiger partial charge >= 0.3 is 12.1 Å². The summed E-state index contributed by atoms with van der Waals surface area (Å²) < 4.78 is 39.2. The van der Waals surface area contributed by atoms with Crippen molar-refractivity contribution in [2.24, 2.45) is 0 Å². The van der Waals surface area contributed by atoms with Crippen LogP contribution in [0.1, 0.15) is 43.7 Å². The number of carbonyl (C=O) groups is 2. The van der Waals surface area contributed by atoms with Gasteiger partial charge in [0.2, 0.25) is 5.91 Å². The van der Waals surface area contributed by atoms with Crippen molar-refractivity contribution in [2.45, 2.75) is 50.4 Å². The highest BCUT2D eigenvalue weighted by Gasteiger charge is 2.46. The first-order chi connectivity index (χ1) is 12.3. The molecule has 1 N–H and O–H groups in total. The summed E-state index contributed by atoms with van der Waals surface area (Å²) in [7, 11) is 0. The smallest absolute Gasteiger partial charge is 0.351 e. The van der Waals surface area contributed by atoms with Gasteiger partial charge in [0, 0.05) is 25.0 Å². The van der Waals surface area contributed by atoms with Crippen molar-refractivity contribution >= 4 is 11.8 Å². The topological polar surface area (TPSA) is 62.3 Å². The minimum Gasteiger partial charge on any atom is -0.351 e. The summed E-state index contributed by atoms with van der Waals surface area (Å²) in [6.07, 6.45) is 3.40. The zero-order chi connectivity index (χ0) is 19.2. The van der Waals surface area contributed by atoms with Crippen LogP contribution in [-0.2, 0) is 9.59 Å². The third-order valence-electron chi connectivity index (χ3n) is 4.36. The number of nitrogens with one attached hydrogen (secondary N) is 1. The zero-order valence-electron chi connectivity index (χ0n) is 14.3. The lowest BCUT2D eigenvalue weighted by Crippen LogP contribution is -2.50. The molecule has 0 radical (unpaired) electrons. The predicted molar refractivity (Wildman–Crippen MR) is 90.0 cm³/mol. The van der Waals surface area contributed by atoms with Crippen LogP contribution in [0.25, 0.3) is 0 Å². The van der Waals surface area contributed by atoms with E-state index in [1.807, 2.05) is 0 Å². The Bertz CT molecular complexity index is 628. The Balaban J connectivity index is 2.33. The van der Waals surface area contributed by atoms with Crippen molar-refractivity contribution in [3.05, 3.63) is 42.7 Å². The Hall–Kier alpha value is -2.38. The molecule has 2 rings (SSSR count). The molecule has 1 atom stereocenters. The molecule has 0 aromatic carbocycles. The molecule has 26 heavy (non-hydrogen) atoms. The van der Waals surface area contributed by atoms with E-state index in [4.69, 9.17) is 0 Å². The zero-order valence-corrected chi connectivity index (χ0v) is 14.3. The SMILES string of the molecule is C=CCN(C(=O)C(F)(F)F)C(C(=O)NC1CCCCC1)c1ccncc1. The fourth-order valence-electron chi connectivity index (χ4n) is 3.15. The fourth-order valence-corrected chi connectivity index (χ4v) is 3.15. The van der Waals surface area contributed by atoms with Crippen LogP contribution in [0.4, 0.5) is 13.2 Å². The van der Waals surface area contributed by atoms with Crippen LogP contribution >= 0.6 is 0 Å². The molecule has 1 aliphatic carbocycles. The molecular formula is C18H22F3N3O2. The van der Waals surface area contributed by atoms with E-state index in [0.29, 0.717) is 4.90 Å². The van der Waals surface area contributed by atoms with Crippen LogP contribution in [0.5, 0.6) is 0 Å². The Morgan fingerprint density at radius 3 is 2.42 bits per heavy atom. The number of hydrogen-bond donors (Lipinski definition) is 1. The molecule has 1 aromatic heterocycles. The van der Waals surface area contributed by atoms with Gasteiger partial charge in [-0.1, -0.05) is 25.3 Å². The highest BCUT2D eigenvalue weighted by Crippen LogP contribution is 2.28. The Morgan fingerprint density at radius 2 is 1.88 bits per heavy atom. The van der Waals surface area contributed by atoms with Gasteiger partial charge in [-0.2, -0.15) is 13.2 Å². The third-order valence-corrected chi connectivity index (χ3v) is 4.36. The lowest BCUT2D eigenvalue weighted by Gasteiger charge is -2.33. The molecule has 8 heteroatoms. The largest absolute Gasteiger partial charge is 0.471 e. The summed E-state index contributed by atoms with van der Waals surface area (Å²) in [6, 6.07) is 1.38. The summed E-state index contributed by atoms with van der Waals surface area (Å²) in [5.74, 6) is -2.69. The number of hydrogen-bond acceptors (Lipinski definition) is 3. The summed E-state index contributed by atoms with van der Waals surface area (Å²) in [6.45, 7) is 3.01. The summed E-state index contributed by atoms with van der Waals surface area (Å²) in [5, 5.41) is 2.81. The molecule has 0 aliphatic heterocycles. The molecule has 1 aromatic rings. The Morgan fingerprint density at radius 1 is 1.27 bits per heavy atom. The van der Waals surface area contributed by atoms with E-state index < -0.39 is 30.6 Å². The molecule has 1 unspecified atom stereocenters. The molecule has 1 fully saturated rings. The second-order valence-corrected chi connectivity index (χ2v) is 6.27. The van der Waals surface area contributed by atoms with Crippen molar-refractivity contribution in [1.82, 2.24) is 15.2 Å². The monoisotopic (exact) mass is 369 g/mol. The third kappa shape index (κ3) is 5.06. The van der Waals surface area contributed by atoms with E-state index in [1.54, 1.807) is 0 Å². The number of alkyl halides is 3. The van der Waals surface area contributed by atoms with Crippen molar-refractivity contribution < 1.29 is 22.8 Å². The van der Waals surface area contributed by atoms with Crippen LogP contribution in [-0.4, -0.2) is 40.5 Å². The van der Waals surface area contributed by atoms with Crippen LogP contribution in [0.2, 0.25) is 0 Å². The predicted octanol–water partition coefficient (Wildman–Crippen LogP) is 3.15. The average Bonchev–Trinajstić information content (AvgIpc) is 2.61. The van der Waals surface area contributed by atoms with Crippen molar-refractivity contribution in [1.29, 1.82) is 0 Å². The van der Waals surface area contributed by atoms with Crippen LogP contribution in [0.3, 0.4) is 0 Å². The number of amides is 2. The number of nitrogens with zero attached hydrogens (tertiary/aromatic N) is 2. The second-order valence-electron chi connectivity index (χ2n) is 6.27. The number of aromatic nitrogens is 1. The van der Waals surface area contributed by atoms with Gasteiger partial charge in [0.05, 0.1) is 0 Å². The molecular weight excluding hydrogens is 347 g/mol. The summed E-state index contributed by atoms with van der Waals surface area (Å²) in [4.78, 5) is 29.1. The molecule has 1 heterocycles. The van der Waals surface area contributed by atoms with E-state index in [-0.39, 0.29) is 11.6 Å². The van der Waals surface area contributed by atoms with Crippen LogP contribution in [0.15, 0.2) is 37.2 Å². The molecule has 1 saturated carbocycles. The summed E-state index contributed by atoms with van der Waals surface area (Å²) in [5.41, 5.74) is 0.271. The molecule has 142 valence electrons. The van der Waals surface area contributed by atoms with Crippen molar-refractivity contribution in [3.8, 4) is 0 Å². The molecule has 0 saturated heterocycles. The summed E-state index contributed by atoms with van der Waals surface area (Å²) >= 11 is 0. The molecule has 1 aliphatic rings. The molecule has 0 spiro atoms. The normalized spacial score (nSPS) is 16.6. The second kappa shape index (κ2) is 8.82. The Kier molecular flexibility index (Phi) is 6.76. The van der Waals surface area contributed by atoms with E-state index in [9.17, 15) is 22.8 Å².